The number of carbonyl (C=O) groups excluding carboxylic acids is 1. The Hall–Kier alpha value is -1.01. The lowest BCUT2D eigenvalue weighted by Crippen LogP contribution is -2.41. The number of nitrogens with one attached hydrogen (secondary N) is 1. The van der Waals surface area contributed by atoms with Gasteiger partial charge in [-0.3, -0.25) is 4.79 Å². The molecule has 0 fully saturated rings. The van der Waals surface area contributed by atoms with Gasteiger partial charge in [0.1, 0.15) is 4.88 Å². The molecule has 1 amide bonds. The van der Waals surface area contributed by atoms with Crippen molar-refractivity contribution in [3.05, 3.63) is 15.6 Å². The lowest BCUT2D eigenvalue weighted by atomic mass is 9.93. The lowest BCUT2D eigenvalue weighted by molar-refractivity contribution is 0.0948. The number of hydrogen-bond donors (Lipinski definition) is 2. The van der Waals surface area contributed by atoms with Gasteiger partial charge in [0.05, 0.1) is 15.7 Å². The van der Waals surface area contributed by atoms with Crippen LogP contribution in [0, 0.1) is 19.3 Å². The van der Waals surface area contributed by atoms with Crippen molar-refractivity contribution in [3.63, 3.8) is 0 Å². The first kappa shape index (κ1) is 14.1. The number of aryl methyl sites for hydroxylation is 2. The standard InChI is InChI=1S/C11H17N3OS2/c1-6-8(17-7(2)14-6)9(15)13-5-11(3,4)10(12)16/h5H2,1-4H3,(H2,12,16)(H,13,15). The van der Waals surface area contributed by atoms with E-state index < -0.39 is 0 Å². The number of carbonyl (C=O) groups is 1. The predicted molar refractivity (Wildman–Crippen MR) is 74.5 cm³/mol. The molecule has 1 aromatic heterocycles. The molecular formula is C11H17N3OS2. The Labute approximate surface area is 111 Å². The number of thiazole rings is 1. The lowest BCUT2D eigenvalue weighted by Gasteiger charge is -2.23. The van der Waals surface area contributed by atoms with Gasteiger partial charge in [-0.1, -0.05) is 26.1 Å². The molecule has 0 spiro atoms. The molecule has 0 aliphatic heterocycles. The molecule has 4 nitrogen and oxygen atoms in total. The molecule has 17 heavy (non-hydrogen) atoms. The Morgan fingerprint density at radius 2 is 2.12 bits per heavy atom. The molecule has 0 aliphatic carbocycles. The van der Waals surface area contributed by atoms with Crippen molar-refractivity contribution in [2.24, 2.45) is 11.1 Å². The van der Waals surface area contributed by atoms with E-state index in [-0.39, 0.29) is 11.3 Å². The Balaban J connectivity index is 2.68. The van der Waals surface area contributed by atoms with E-state index in [2.05, 4.69) is 10.3 Å². The summed E-state index contributed by atoms with van der Waals surface area (Å²) in [7, 11) is 0. The zero-order chi connectivity index (χ0) is 13.2. The van der Waals surface area contributed by atoms with Crippen LogP contribution in [0.15, 0.2) is 0 Å². The molecule has 94 valence electrons. The van der Waals surface area contributed by atoms with E-state index >= 15 is 0 Å². The number of amides is 1. The van der Waals surface area contributed by atoms with Crippen LogP contribution in [0.4, 0.5) is 0 Å². The van der Waals surface area contributed by atoms with Crippen LogP contribution < -0.4 is 11.1 Å². The highest BCUT2D eigenvalue weighted by Gasteiger charge is 2.23. The van der Waals surface area contributed by atoms with Gasteiger partial charge < -0.3 is 11.1 Å². The third-order valence-electron chi connectivity index (χ3n) is 2.47. The molecule has 0 saturated carbocycles. The fraction of sp³-hybridized carbons (Fsp3) is 0.545. The van der Waals surface area contributed by atoms with Crippen LogP contribution in [0.2, 0.25) is 0 Å². The van der Waals surface area contributed by atoms with Crippen molar-refractivity contribution < 1.29 is 4.79 Å². The Bertz CT molecular complexity index is 452. The monoisotopic (exact) mass is 271 g/mol. The third kappa shape index (κ3) is 3.47. The SMILES string of the molecule is Cc1nc(C)c(C(=O)NCC(C)(C)C(N)=S)s1. The molecule has 0 bridgehead atoms. The zero-order valence-electron chi connectivity index (χ0n) is 10.5. The van der Waals surface area contributed by atoms with E-state index in [0.29, 0.717) is 16.4 Å². The molecular weight excluding hydrogens is 254 g/mol. The van der Waals surface area contributed by atoms with Crippen LogP contribution in [0.1, 0.15) is 34.2 Å². The molecule has 0 atom stereocenters. The quantitative estimate of drug-likeness (QED) is 0.819. The number of rotatable bonds is 4. The summed E-state index contributed by atoms with van der Waals surface area (Å²) in [6.45, 7) is 7.95. The van der Waals surface area contributed by atoms with Gasteiger partial charge in [0, 0.05) is 12.0 Å². The van der Waals surface area contributed by atoms with Gasteiger partial charge in [-0.2, -0.15) is 0 Å². The molecule has 1 aromatic rings. The Morgan fingerprint density at radius 1 is 1.53 bits per heavy atom. The van der Waals surface area contributed by atoms with Crippen LogP contribution in [0.3, 0.4) is 0 Å². The summed E-state index contributed by atoms with van der Waals surface area (Å²) >= 11 is 6.34. The summed E-state index contributed by atoms with van der Waals surface area (Å²) in [6.07, 6.45) is 0. The highest BCUT2D eigenvalue weighted by molar-refractivity contribution is 7.80. The van der Waals surface area contributed by atoms with Crippen molar-refractivity contribution in [2.45, 2.75) is 27.7 Å². The van der Waals surface area contributed by atoms with E-state index in [0.717, 1.165) is 10.7 Å². The molecule has 0 aromatic carbocycles. The van der Waals surface area contributed by atoms with Crippen molar-refractivity contribution in [1.29, 1.82) is 0 Å². The molecule has 6 heteroatoms. The van der Waals surface area contributed by atoms with Crippen molar-refractivity contribution in [3.8, 4) is 0 Å². The zero-order valence-corrected chi connectivity index (χ0v) is 12.1. The van der Waals surface area contributed by atoms with Crippen LogP contribution in [0.5, 0.6) is 0 Å². The van der Waals surface area contributed by atoms with Gasteiger partial charge in [0.15, 0.2) is 0 Å². The second kappa shape index (κ2) is 5.10. The second-order valence-corrected chi connectivity index (χ2v) is 6.22. The van der Waals surface area contributed by atoms with Gasteiger partial charge >= 0.3 is 0 Å². The summed E-state index contributed by atoms with van der Waals surface area (Å²) in [5.74, 6) is -0.113. The Morgan fingerprint density at radius 3 is 2.53 bits per heavy atom. The van der Waals surface area contributed by atoms with Crippen LogP contribution in [-0.4, -0.2) is 22.4 Å². The molecule has 3 N–H and O–H groups in total. The van der Waals surface area contributed by atoms with Crippen molar-refractivity contribution >= 4 is 34.5 Å². The van der Waals surface area contributed by atoms with E-state index in [9.17, 15) is 4.79 Å². The van der Waals surface area contributed by atoms with Gasteiger partial charge in [-0.25, -0.2) is 4.98 Å². The Kier molecular flexibility index (Phi) is 4.21. The minimum atomic E-state index is -0.376. The predicted octanol–water partition coefficient (Wildman–Crippen LogP) is 1.80. The molecule has 1 rings (SSSR count). The highest BCUT2D eigenvalue weighted by atomic mass is 32.1. The number of hydrogen-bond acceptors (Lipinski definition) is 4. The number of nitrogens with two attached hydrogens (primary N) is 1. The molecule has 0 aliphatic rings. The van der Waals surface area contributed by atoms with Gasteiger partial charge in [-0.05, 0) is 13.8 Å². The minimum absolute atomic E-state index is 0.113. The minimum Gasteiger partial charge on any atom is -0.393 e. The maximum Gasteiger partial charge on any atom is 0.263 e. The van der Waals surface area contributed by atoms with Crippen LogP contribution >= 0.6 is 23.6 Å². The number of thiocarbonyl (C=S) groups is 1. The first-order valence-corrected chi connectivity index (χ1v) is 6.48. The largest absolute Gasteiger partial charge is 0.393 e. The van der Waals surface area contributed by atoms with E-state index in [1.54, 1.807) is 0 Å². The summed E-state index contributed by atoms with van der Waals surface area (Å²) in [4.78, 5) is 17.2. The van der Waals surface area contributed by atoms with E-state index in [4.69, 9.17) is 18.0 Å². The molecule has 0 unspecified atom stereocenters. The first-order chi connectivity index (χ1) is 7.74. The van der Waals surface area contributed by atoms with E-state index in [1.807, 2.05) is 27.7 Å². The maximum absolute atomic E-state index is 11.9. The van der Waals surface area contributed by atoms with E-state index in [1.165, 1.54) is 11.3 Å². The topological polar surface area (TPSA) is 68.0 Å². The van der Waals surface area contributed by atoms with Crippen molar-refractivity contribution in [2.75, 3.05) is 6.54 Å². The second-order valence-electron chi connectivity index (χ2n) is 4.58. The fourth-order valence-corrected chi connectivity index (χ4v) is 2.12. The third-order valence-corrected chi connectivity index (χ3v) is 4.09. The molecule has 1 heterocycles. The fourth-order valence-electron chi connectivity index (χ4n) is 1.21. The highest BCUT2D eigenvalue weighted by Crippen LogP contribution is 2.18. The van der Waals surface area contributed by atoms with Gasteiger partial charge in [-0.15, -0.1) is 11.3 Å². The summed E-state index contributed by atoms with van der Waals surface area (Å²) in [5.41, 5.74) is 5.99. The van der Waals surface area contributed by atoms with Crippen molar-refractivity contribution in [1.82, 2.24) is 10.3 Å². The smallest absolute Gasteiger partial charge is 0.263 e. The van der Waals surface area contributed by atoms with Crippen LogP contribution in [-0.2, 0) is 0 Å². The normalized spacial score (nSPS) is 11.3. The average molecular weight is 271 g/mol. The maximum atomic E-state index is 11.9. The average Bonchev–Trinajstić information content (AvgIpc) is 2.54. The summed E-state index contributed by atoms with van der Waals surface area (Å²) < 4.78 is 0. The molecule has 0 saturated heterocycles. The number of aromatic nitrogens is 1. The summed E-state index contributed by atoms with van der Waals surface area (Å²) in [5, 5.41) is 3.73. The summed E-state index contributed by atoms with van der Waals surface area (Å²) in [6, 6.07) is 0. The van der Waals surface area contributed by atoms with Crippen LogP contribution in [0.25, 0.3) is 0 Å². The number of nitrogens with zero attached hydrogens (tertiary/aromatic N) is 1. The molecule has 0 radical (unpaired) electrons. The van der Waals surface area contributed by atoms with Gasteiger partial charge in [0.2, 0.25) is 0 Å². The first-order valence-electron chi connectivity index (χ1n) is 5.26. The van der Waals surface area contributed by atoms with Gasteiger partial charge in [0.25, 0.3) is 5.91 Å².